The Bertz CT molecular complexity index is 688. The third-order valence-corrected chi connectivity index (χ3v) is 5.68. The van der Waals surface area contributed by atoms with E-state index in [0.717, 1.165) is 4.88 Å². The molecular formula is C15H12O3S2. The number of fused-ring (bicyclic) bond motifs is 2. The summed E-state index contributed by atoms with van der Waals surface area (Å²) in [6.07, 6.45) is 0.434. The van der Waals surface area contributed by atoms with Gasteiger partial charge >= 0.3 is 0 Å². The largest absolute Gasteiger partial charge is 0.300 e. The molecule has 1 aliphatic rings. The number of rotatable bonds is 3. The van der Waals surface area contributed by atoms with E-state index in [0.29, 0.717) is 27.3 Å². The van der Waals surface area contributed by atoms with Crippen molar-refractivity contribution in [2.45, 2.75) is 26.2 Å². The summed E-state index contributed by atoms with van der Waals surface area (Å²) in [5.41, 5.74) is 1.01. The van der Waals surface area contributed by atoms with Gasteiger partial charge in [-0.1, -0.05) is 6.92 Å². The molecule has 102 valence electrons. The van der Waals surface area contributed by atoms with Gasteiger partial charge in [-0.2, -0.15) is 0 Å². The Labute approximate surface area is 124 Å². The lowest BCUT2D eigenvalue weighted by Gasteiger charge is -2.08. The lowest BCUT2D eigenvalue weighted by Crippen LogP contribution is -2.15. The molecular weight excluding hydrogens is 292 g/mol. The van der Waals surface area contributed by atoms with E-state index >= 15 is 0 Å². The Balaban J connectivity index is 2.04. The normalized spacial score (nSPS) is 14.9. The van der Waals surface area contributed by atoms with Crippen molar-refractivity contribution in [3.63, 3.8) is 0 Å². The molecule has 2 aromatic rings. The highest BCUT2D eigenvalue weighted by molar-refractivity contribution is 7.17. The molecule has 2 heterocycles. The molecule has 0 radical (unpaired) electrons. The Morgan fingerprint density at radius 1 is 1.20 bits per heavy atom. The molecule has 0 bridgehead atoms. The molecule has 1 aliphatic carbocycles. The first-order valence-corrected chi connectivity index (χ1v) is 7.98. The fraction of sp³-hybridized carbons (Fsp3) is 0.267. The summed E-state index contributed by atoms with van der Waals surface area (Å²) < 4.78 is 0. The van der Waals surface area contributed by atoms with Crippen molar-refractivity contribution in [1.29, 1.82) is 0 Å². The number of hydrogen-bond donors (Lipinski definition) is 0. The SMILES string of the molecule is CC(=O)CC(C)c1cc2c(s1)C(=O)c1sccc1C2=O. The molecule has 20 heavy (non-hydrogen) atoms. The molecule has 1 atom stereocenters. The fourth-order valence-corrected chi connectivity index (χ4v) is 4.49. The summed E-state index contributed by atoms with van der Waals surface area (Å²) >= 11 is 2.66. The van der Waals surface area contributed by atoms with Crippen LogP contribution in [0.25, 0.3) is 0 Å². The monoisotopic (exact) mass is 304 g/mol. The summed E-state index contributed by atoms with van der Waals surface area (Å²) in [6, 6.07) is 3.49. The zero-order valence-electron chi connectivity index (χ0n) is 11.1. The zero-order valence-corrected chi connectivity index (χ0v) is 12.7. The van der Waals surface area contributed by atoms with Crippen molar-refractivity contribution >= 4 is 40.0 Å². The van der Waals surface area contributed by atoms with E-state index in [9.17, 15) is 14.4 Å². The van der Waals surface area contributed by atoms with E-state index in [1.165, 1.54) is 22.7 Å². The molecule has 0 fully saturated rings. The van der Waals surface area contributed by atoms with Gasteiger partial charge in [0.05, 0.1) is 9.75 Å². The molecule has 3 nitrogen and oxygen atoms in total. The second-order valence-corrected chi connectivity index (χ2v) is 7.02. The molecule has 0 saturated carbocycles. The smallest absolute Gasteiger partial charge is 0.214 e. The second kappa shape index (κ2) is 4.75. The van der Waals surface area contributed by atoms with Gasteiger partial charge in [-0.25, -0.2) is 0 Å². The van der Waals surface area contributed by atoms with Crippen LogP contribution >= 0.6 is 22.7 Å². The number of carbonyl (C=O) groups excluding carboxylic acids is 3. The first kappa shape index (κ1) is 13.4. The highest BCUT2D eigenvalue weighted by atomic mass is 32.1. The van der Waals surface area contributed by atoms with Crippen LogP contribution in [-0.4, -0.2) is 17.3 Å². The first-order valence-electron chi connectivity index (χ1n) is 6.29. The summed E-state index contributed by atoms with van der Waals surface area (Å²) in [5, 5.41) is 1.77. The average Bonchev–Trinajstić information content (AvgIpc) is 3.02. The Hall–Kier alpha value is -1.59. The van der Waals surface area contributed by atoms with Crippen LogP contribution in [-0.2, 0) is 4.79 Å². The van der Waals surface area contributed by atoms with Crippen LogP contribution < -0.4 is 0 Å². The van der Waals surface area contributed by atoms with Crippen molar-refractivity contribution in [2.75, 3.05) is 0 Å². The van der Waals surface area contributed by atoms with Gasteiger partial charge in [-0.05, 0) is 30.4 Å². The van der Waals surface area contributed by atoms with E-state index in [4.69, 9.17) is 0 Å². The number of ketones is 3. The van der Waals surface area contributed by atoms with Crippen LogP contribution in [0.3, 0.4) is 0 Å². The summed E-state index contributed by atoms with van der Waals surface area (Å²) in [5.74, 6) is 0.0200. The minimum Gasteiger partial charge on any atom is -0.300 e. The number of thiophene rings is 2. The maximum atomic E-state index is 12.4. The van der Waals surface area contributed by atoms with Gasteiger partial charge < -0.3 is 4.79 Å². The van der Waals surface area contributed by atoms with Crippen LogP contribution in [0.2, 0.25) is 0 Å². The molecule has 0 spiro atoms. The average molecular weight is 304 g/mol. The minimum absolute atomic E-state index is 0.0433. The summed E-state index contributed by atoms with van der Waals surface area (Å²) in [6.45, 7) is 3.50. The van der Waals surface area contributed by atoms with Crippen molar-refractivity contribution < 1.29 is 14.4 Å². The molecule has 0 aromatic carbocycles. The quantitative estimate of drug-likeness (QED) is 0.742. The number of Topliss-reactive ketones (excluding diaryl/α,β-unsaturated/α-hetero) is 1. The molecule has 5 heteroatoms. The van der Waals surface area contributed by atoms with E-state index in [1.54, 1.807) is 24.4 Å². The Morgan fingerprint density at radius 3 is 2.65 bits per heavy atom. The molecule has 0 saturated heterocycles. The Kier molecular flexibility index (Phi) is 3.18. The van der Waals surface area contributed by atoms with Gasteiger partial charge in [0.1, 0.15) is 5.78 Å². The van der Waals surface area contributed by atoms with Gasteiger partial charge in [0.15, 0.2) is 5.78 Å². The second-order valence-electron chi connectivity index (χ2n) is 5.02. The van der Waals surface area contributed by atoms with Crippen molar-refractivity contribution in [2.24, 2.45) is 0 Å². The van der Waals surface area contributed by atoms with Crippen molar-refractivity contribution in [3.05, 3.63) is 43.3 Å². The van der Waals surface area contributed by atoms with Crippen LogP contribution in [0.1, 0.15) is 61.5 Å². The first-order chi connectivity index (χ1) is 9.49. The maximum absolute atomic E-state index is 12.4. The Morgan fingerprint density at radius 2 is 1.95 bits per heavy atom. The fourth-order valence-electron chi connectivity index (χ4n) is 2.43. The van der Waals surface area contributed by atoms with Gasteiger partial charge in [-0.3, -0.25) is 9.59 Å². The number of hydrogen-bond acceptors (Lipinski definition) is 5. The molecule has 0 aliphatic heterocycles. The molecule has 1 unspecified atom stereocenters. The maximum Gasteiger partial charge on any atom is 0.214 e. The van der Waals surface area contributed by atoms with Gasteiger partial charge in [0.2, 0.25) is 5.78 Å². The van der Waals surface area contributed by atoms with Crippen LogP contribution in [0.15, 0.2) is 17.5 Å². The van der Waals surface area contributed by atoms with Gasteiger partial charge in [-0.15, -0.1) is 22.7 Å². The topological polar surface area (TPSA) is 51.2 Å². The third-order valence-electron chi connectivity index (χ3n) is 3.40. The minimum atomic E-state index is -0.0756. The number of carbonyl (C=O) groups is 3. The van der Waals surface area contributed by atoms with Gasteiger partial charge in [0, 0.05) is 22.4 Å². The van der Waals surface area contributed by atoms with E-state index in [2.05, 4.69) is 0 Å². The summed E-state index contributed by atoms with van der Waals surface area (Å²) in [7, 11) is 0. The van der Waals surface area contributed by atoms with E-state index in [1.807, 2.05) is 6.92 Å². The predicted molar refractivity (Wildman–Crippen MR) is 79.2 cm³/mol. The van der Waals surface area contributed by atoms with E-state index in [-0.39, 0.29) is 23.3 Å². The van der Waals surface area contributed by atoms with Crippen LogP contribution in [0.4, 0.5) is 0 Å². The molecule has 0 N–H and O–H groups in total. The van der Waals surface area contributed by atoms with Gasteiger partial charge in [0.25, 0.3) is 0 Å². The summed E-state index contributed by atoms with van der Waals surface area (Å²) in [4.78, 5) is 37.9. The van der Waals surface area contributed by atoms with E-state index < -0.39 is 0 Å². The van der Waals surface area contributed by atoms with Crippen molar-refractivity contribution in [3.8, 4) is 0 Å². The third kappa shape index (κ3) is 1.98. The highest BCUT2D eigenvalue weighted by Crippen LogP contribution is 2.38. The standard InChI is InChI=1S/C15H12O3S2/c1-7(5-8(2)16)11-6-10-12(17)9-3-4-19-14(9)13(18)15(10)20-11/h3-4,6-7H,5H2,1-2H3. The molecule has 2 aromatic heterocycles. The molecule has 0 amide bonds. The van der Waals surface area contributed by atoms with Crippen LogP contribution in [0.5, 0.6) is 0 Å². The highest BCUT2D eigenvalue weighted by Gasteiger charge is 2.33. The van der Waals surface area contributed by atoms with Crippen molar-refractivity contribution in [1.82, 2.24) is 0 Å². The molecule has 3 rings (SSSR count). The lowest BCUT2D eigenvalue weighted by molar-refractivity contribution is -0.117. The lowest BCUT2D eigenvalue weighted by atomic mass is 9.94. The zero-order chi connectivity index (χ0) is 14.4. The predicted octanol–water partition coefficient (Wildman–Crippen LogP) is 3.67. The van der Waals surface area contributed by atoms with Crippen LogP contribution in [0, 0.1) is 0 Å².